The topological polar surface area (TPSA) is 69.1 Å². The van der Waals surface area contributed by atoms with E-state index in [1.807, 2.05) is 0 Å². The predicted molar refractivity (Wildman–Crippen MR) is 58.4 cm³/mol. The quantitative estimate of drug-likeness (QED) is 0.670. The summed E-state index contributed by atoms with van der Waals surface area (Å²) in [6.45, 7) is 0. The standard InChI is InChI=1S/C9H5F2N5S/c10-5-1-4(7(12)2-6(5)11)8-15-16-3-13-14-9(16)17-8/h1-3H,12H2. The molecule has 0 aliphatic rings. The van der Waals surface area contributed by atoms with Gasteiger partial charge in [-0.3, -0.25) is 0 Å². The van der Waals surface area contributed by atoms with Crippen molar-refractivity contribution in [1.82, 2.24) is 19.8 Å². The number of anilines is 1. The molecule has 0 spiro atoms. The molecule has 3 rings (SSSR count). The molecular formula is C9H5F2N5S. The van der Waals surface area contributed by atoms with E-state index in [2.05, 4.69) is 15.3 Å². The molecule has 0 aliphatic carbocycles. The van der Waals surface area contributed by atoms with Gasteiger partial charge in [0.15, 0.2) is 11.6 Å². The Balaban J connectivity index is 2.21. The van der Waals surface area contributed by atoms with Crippen LogP contribution in [0.5, 0.6) is 0 Å². The number of rotatable bonds is 1. The summed E-state index contributed by atoms with van der Waals surface area (Å²) in [5.41, 5.74) is 6.11. The molecule has 0 unspecified atom stereocenters. The molecule has 86 valence electrons. The van der Waals surface area contributed by atoms with E-state index in [1.54, 1.807) is 0 Å². The number of nitrogens with two attached hydrogens (primary N) is 1. The van der Waals surface area contributed by atoms with Crippen molar-refractivity contribution in [2.24, 2.45) is 0 Å². The van der Waals surface area contributed by atoms with E-state index in [-0.39, 0.29) is 5.69 Å². The molecule has 0 radical (unpaired) electrons. The fraction of sp³-hybridized carbons (Fsp3) is 0. The first-order chi connectivity index (χ1) is 8.15. The lowest BCUT2D eigenvalue weighted by Gasteiger charge is -2.02. The van der Waals surface area contributed by atoms with Crippen LogP contribution in [0.25, 0.3) is 15.5 Å². The van der Waals surface area contributed by atoms with Gasteiger partial charge in [0.05, 0.1) is 0 Å². The molecular weight excluding hydrogens is 248 g/mol. The van der Waals surface area contributed by atoms with Gasteiger partial charge >= 0.3 is 0 Å². The number of halogens is 2. The highest BCUT2D eigenvalue weighted by Gasteiger charge is 2.14. The minimum absolute atomic E-state index is 0.133. The molecule has 3 aromatic rings. The number of fused-ring (bicyclic) bond motifs is 1. The van der Waals surface area contributed by atoms with Gasteiger partial charge in [0.1, 0.15) is 11.3 Å². The summed E-state index contributed by atoms with van der Waals surface area (Å²) in [7, 11) is 0. The molecule has 17 heavy (non-hydrogen) atoms. The van der Waals surface area contributed by atoms with Crippen LogP contribution in [-0.2, 0) is 0 Å². The number of hydrogen-bond donors (Lipinski definition) is 1. The van der Waals surface area contributed by atoms with Crippen LogP contribution in [0.1, 0.15) is 0 Å². The number of nitrogen functional groups attached to an aromatic ring is 1. The summed E-state index contributed by atoms with van der Waals surface area (Å²) < 4.78 is 27.5. The molecule has 0 atom stereocenters. The molecule has 2 aromatic heterocycles. The van der Waals surface area contributed by atoms with Crippen molar-refractivity contribution in [3.05, 3.63) is 30.1 Å². The molecule has 0 aliphatic heterocycles. The SMILES string of the molecule is Nc1cc(F)c(F)cc1-c1nn2cnnc2s1. The first-order valence-corrected chi connectivity index (χ1v) is 5.38. The zero-order valence-corrected chi connectivity index (χ0v) is 9.08. The van der Waals surface area contributed by atoms with E-state index in [1.165, 1.54) is 22.2 Å². The highest BCUT2D eigenvalue weighted by atomic mass is 32.1. The molecule has 0 saturated heterocycles. The Kier molecular flexibility index (Phi) is 2.05. The zero-order chi connectivity index (χ0) is 12.0. The fourth-order valence-electron chi connectivity index (χ4n) is 1.42. The minimum Gasteiger partial charge on any atom is -0.398 e. The monoisotopic (exact) mass is 253 g/mol. The Hall–Kier alpha value is -2.09. The van der Waals surface area contributed by atoms with Gasteiger partial charge < -0.3 is 5.73 Å². The van der Waals surface area contributed by atoms with E-state index in [0.717, 1.165) is 12.1 Å². The summed E-state index contributed by atoms with van der Waals surface area (Å²) in [5.74, 6) is -1.94. The molecule has 2 N–H and O–H groups in total. The summed E-state index contributed by atoms with van der Waals surface area (Å²) in [6.07, 6.45) is 1.42. The third kappa shape index (κ3) is 1.53. The van der Waals surface area contributed by atoms with Crippen LogP contribution in [0.15, 0.2) is 18.5 Å². The number of hydrogen-bond acceptors (Lipinski definition) is 5. The molecule has 5 nitrogen and oxygen atoms in total. The van der Waals surface area contributed by atoms with Crippen LogP contribution in [0.4, 0.5) is 14.5 Å². The van der Waals surface area contributed by atoms with Crippen molar-refractivity contribution < 1.29 is 8.78 Å². The lowest BCUT2D eigenvalue weighted by atomic mass is 10.2. The second kappa shape index (κ2) is 3.45. The van der Waals surface area contributed by atoms with Crippen LogP contribution >= 0.6 is 11.3 Å². The molecule has 0 fully saturated rings. The summed E-state index contributed by atoms with van der Waals surface area (Å²) in [4.78, 5) is 0.559. The Morgan fingerprint density at radius 1 is 1.24 bits per heavy atom. The average molecular weight is 253 g/mol. The fourth-order valence-corrected chi connectivity index (χ4v) is 2.27. The van der Waals surface area contributed by atoms with E-state index < -0.39 is 11.6 Å². The third-order valence-electron chi connectivity index (χ3n) is 2.21. The van der Waals surface area contributed by atoms with Gasteiger partial charge in [-0.05, 0) is 6.07 Å². The van der Waals surface area contributed by atoms with Crippen molar-refractivity contribution in [3.8, 4) is 10.6 Å². The Morgan fingerprint density at radius 2 is 2.00 bits per heavy atom. The number of benzene rings is 1. The summed E-state index contributed by atoms with van der Waals surface area (Å²) in [6, 6.07) is 1.96. The highest BCUT2D eigenvalue weighted by Crippen LogP contribution is 2.30. The van der Waals surface area contributed by atoms with Gasteiger partial charge in [0, 0.05) is 17.3 Å². The predicted octanol–water partition coefficient (Wildman–Crippen LogP) is 1.71. The van der Waals surface area contributed by atoms with Crippen LogP contribution in [-0.4, -0.2) is 19.8 Å². The van der Waals surface area contributed by atoms with Gasteiger partial charge in [0.25, 0.3) is 0 Å². The summed E-state index contributed by atoms with van der Waals surface area (Å²) >= 11 is 1.19. The maximum Gasteiger partial charge on any atom is 0.234 e. The number of nitrogens with zero attached hydrogens (tertiary/aromatic N) is 4. The maximum absolute atomic E-state index is 13.1. The average Bonchev–Trinajstić information content (AvgIpc) is 2.83. The van der Waals surface area contributed by atoms with Crippen LogP contribution in [0.2, 0.25) is 0 Å². The van der Waals surface area contributed by atoms with Gasteiger partial charge in [-0.15, -0.1) is 10.2 Å². The second-order valence-electron chi connectivity index (χ2n) is 3.32. The Labute approximate surface area is 97.5 Å². The molecule has 0 amide bonds. The molecule has 2 heterocycles. The lowest BCUT2D eigenvalue weighted by Crippen LogP contribution is -1.95. The Bertz CT molecular complexity index is 676. The van der Waals surface area contributed by atoms with Crippen molar-refractivity contribution in [2.75, 3.05) is 5.73 Å². The van der Waals surface area contributed by atoms with Crippen LogP contribution < -0.4 is 5.73 Å². The molecule has 0 saturated carbocycles. The van der Waals surface area contributed by atoms with Gasteiger partial charge in [0.2, 0.25) is 4.96 Å². The van der Waals surface area contributed by atoms with E-state index in [9.17, 15) is 8.78 Å². The zero-order valence-electron chi connectivity index (χ0n) is 8.26. The van der Waals surface area contributed by atoms with Gasteiger partial charge in [-0.1, -0.05) is 11.3 Å². The summed E-state index contributed by atoms with van der Waals surface area (Å²) in [5, 5.41) is 12.0. The maximum atomic E-state index is 13.1. The number of aromatic nitrogens is 4. The lowest BCUT2D eigenvalue weighted by molar-refractivity contribution is 0.509. The normalized spacial score (nSPS) is 11.2. The van der Waals surface area contributed by atoms with Gasteiger partial charge in [-0.2, -0.15) is 9.61 Å². The van der Waals surface area contributed by atoms with Crippen LogP contribution in [0, 0.1) is 11.6 Å². The van der Waals surface area contributed by atoms with E-state index in [4.69, 9.17) is 5.73 Å². The van der Waals surface area contributed by atoms with Gasteiger partial charge in [-0.25, -0.2) is 8.78 Å². The first-order valence-electron chi connectivity index (χ1n) is 4.57. The Morgan fingerprint density at radius 3 is 2.76 bits per heavy atom. The van der Waals surface area contributed by atoms with Crippen molar-refractivity contribution in [1.29, 1.82) is 0 Å². The molecule has 1 aromatic carbocycles. The smallest absolute Gasteiger partial charge is 0.234 e. The van der Waals surface area contributed by atoms with Crippen molar-refractivity contribution >= 4 is 22.0 Å². The third-order valence-corrected chi connectivity index (χ3v) is 3.16. The minimum atomic E-state index is -0.978. The first kappa shape index (κ1) is 10.1. The van der Waals surface area contributed by atoms with Crippen molar-refractivity contribution in [3.63, 3.8) is 0 Å². The van der Waals surface area contributed by atoms with E-state index in [0.29, 0.717) is 15.5 Å². The largest absolute Gasteiger partial charge is 0.398 e. The van der Waals surface area contributed by atoms with E-state index >= 15 is 0 Å². The highest BCUT2D eigenvalue weighted by molar-refractivity contribution is 7.19. The van der Waals surface area contributed by atoms with Crippen LogP contribution in [0.3, 0.4) is 0 Å². The molecule has 8 heteroatoms. The molecule has 0 bridgehead atoms. The second-order valence-corrected chi connectivity index (χ2v) is 4.27. The van der Waals surface area contributed by atoms with Crippen molar-refractivity contribution in [2.45, 2.75) is 0 Å².